The van der Waals surface area contributed by atoms with E-state index < -0.39 is 0 Å². The van der Waals surface area contributed by atoms with E-state index in [1.807, 2.05) is 0 Å². The molecule has 1 aliphatic rings. The summed E-state index contributed by atoms with van der Waals surface area (Å²) < 4.78 is 0. The van der Waals surface area contributed by atoms with Gasteiger partial charge in [0.15, 0.2) is 0 Å². The van der Waals surface area contributed by atoms with Gasteiger partial charge in [0.25, 0.3) is 0 Å². The molecule has 1 aliphatic heterocycles. The molecule has 1 heterocycles. The molecule has 116 valence electrons. The Morgan fingerprint density at radius 3 is 2.68 bits per heavy atom. The van der Waals surface area contributed by atoms with Crippen molar-refractivity contribution >= 4 is 5.69 Å². The summed E-state index contributed by atoms with van der Waals surface area (Å²) in [4.78, 5) is 2.57. The zero-order valence-electron chi connectivity index (χ0n) is 13.7. The van der Waals surface area contributed by atoms with Gasteiger partial charge in [-0.1, -0.05) is 42.5 Å². The first-order chi connectivity index (χ1) is 10.7. The van der Waals surface area contributed by atoms with E-state index in [1.165, 1.54) is 41.8 Å². The Morgan fingerprint density at radius 2 is 1.86 bits per heavy atom. The Labute approximate surface area is 134 Å². The van der Waals surface area contributed by atoms with Crippen molar-refractivity contribution in [3.63, 3.8) is 0 Å². The maximum absolute atomic E-state index is 3.76. The van der Waals surface area contributed by atoms with Crippen LogP contribution in [0.25, 0.3) is 0 Å². The summed E-state index contributed by atoms with van der Waals surface area (Å²) in [6.07, 6.45) is 2.54. The molecule has 2 nitrogen and oxygen atoms in total. The van der Waals surface area contributed by atoms with Crippen LogP contribution < -0.4 is 5.32 Å². The predicted octanol–water partition coefficient (Wildman–Crippen LogP) is 4.38. The topological polar surface area (TPSA) is 15.3 Å². The molecule has 2 aromatic carbocycles. The van der Waals surface area contributed by atoms with E-state index in [4.69, 9.17) is 0 Å². The second-order valence-electron chi connectivity index (χ2n) is 6.45. The maximum atomic E-state index is 3.76. The number of nitrogens with zero attached hydrogens (tertiary/aromatic N) is 1. The molecule has 1 atom stereocenters. The van der Waals surface area contributed by atoms with Crippen LogP contribution in [0.4, 0.5) is 5.69 Å². The molecule has 0 bridgehead atoms. The second-order valence-corrected chi connectivity index (χ2v) is 6.45. The molecular formula is C20H26N2. The quantitative estimate of drug-likeness (QED) is 0.900. The van der Waals surface area contributed by atoms with E-state index >= 15 is 0 Å². The number of hydrogen-bond donors (Lipinski definition) is 1. The van der Waals surface area contributed by atoms with Crippen LogP contribution in [0.1, 0.15) is 29.5 Å². The largest absolute Gasteiger partial charge is 0.381 e. The Kier molecular flexibility index (Phi) is 4.79. The van der Waals surface area contributed by atoms with E-state index in [0.29, 0.717) is 6.04 Å². The summed E-state index contributed by atoms with van der Waals surface area (Å²) in [6, 6.07) is 17.9. The summed E-state index contributed by atoms with van der Waals surface area (Å²) in [5, 5.41) is 3.76. The normalized spacial score (nSPS) is 19.1. The van der Waals surface area contributed by atoms with Crippen molar-refractivity contribution in [2.75, 3.05) is 18.4 Å². The van der Waals surface area contributed by atoms with E-state index in [2.05, 4.69) is 72.6 Å². The highest BCUT2D eigenvalue weighted by Gasteiger charge is 2.20. The zero-order chi connectivity index (χ0) is 15.4. The summed E-state index contributed by atoms with van der Waals surface area (Å²) in [7, 11) is 0. The first-order valence-corrected chi connectivity index (χ1v) is 8.31. The van der Waals surface area contributed by atoms with Crippen molar-refractivity contribution in [2.45, 2.75) is 39.3 Å². The van der Waals surface area contributed by atoms with Crippen molar-refractivity contribution in [3.8, 4) is 0 Å². The Balaban J connectivity index is 1.62. The number of anilines is 1. The molecule has 0 aromatic heterocycles. The first kappa shape index (κ1) is 15.1. The van der Waals surface area contributed by atoms with E-state index in [1.54, 1.807) is 0 Å². The van der Waals surface area contributed by atoms with Crippen LogP contribution >= 0.6 is 0 Å². The summed E-state index contributed by atoms with van der Waals surface area (Å²) in [6.45, 7) is 7.79. The number of nitrogens with one attached hydrogen (secondary N) is 1. The third kappa shape index (κ3) is 3.69. The minimum absolute atomic E-state index is 0.554. The molecule has 3 rings (SSSR count). The number of piperidine rings is 1. The molecule has 0 spiro atoms. The standard InChI is InChI=1S/C20H26N2/c1-16-8-6-12-20(17(16)2)21-19-11-7-13-22(15-19)14-18-9-4-3-5-10-18/h3-6,8-10,12,19,21H,7,11,13-15H2,1-2H3. The average Bonchev–Trinajstić information content (AvgIpc) is 2.53. The van der Waals surface area contributed by atoms with Gasteiger partial charge in [-0.15, -0.1) is 0 Å². The van der Waals surface area contributed by atoms with Crippen LogP contribution in [0.2, 0.25) is 0 Å². The lowest BCUT2D eigenvalue weighted by Gasteiger charge is -2.34. The average molecular weight is 294 g/mol. The molecule has 1 unspecified atom stereocenters. The number of benzene rings is 2. The Hall–Kier alpha value is -1.80. The predicted molar refractivity (Wildman–Crippen MR) is 94.3 cm³/mol. The van der Waals surface area contributed by atoms with Gasteiger partial charge in [0.2, 0.25) is 0 Å². The molecule has 2 heteroatoms. The molecule has 1 saturated heterocycles. The smallest absolute Gasteiger partial charge is 0.0389 e. The lowest BCUT2D eigenvalue weighted by Crippen LogP contribution is -2.41. The molecule has 22 heavy (non-hydrogen) atoms. The number of aryl methyl sites for hydroxylation is 1. The Bertz CT molecular complexity index is 606. The second kappa shape index (κ2) is 6.97. The fourth-order valence-corrected chi connectivity index (χ4v) is 3.29. The Morgan fingerprint density at radius 1 is 1.05 bits per heavy atom. The summed E-state index contributed by atoms with van der Waals surface area (Å²) in [5.41, 5.74) is 5.45. The van der Waals surface area contributed by atoms with Gasteiger partial charge in [-0.2, -0.15) is 0 Å². The van der Waals surface area contributed by atoms with Gasteiger partial charge < -0.3 is 5.32 Å². The monoisotopic (exact) mass is 294 g/mol. The summed E-state index contributed by atoms with van der Waals surface area (Å²) in [5.74, 6) is 0. The fraction of sp³-hybridized carbons (Fsp3) is 0.400. The van der Waals surface area contributed by atoms with Gasteiger partial charge in [-0.25, -0.2) is 0 Å². The number of rotatable bonds is 4. The lowest BCUT2D eigenvalue weighted by atomic mass is 10.0. The molecule has 2 aromatic rings. The third-order valence-corrected chi connectivity index (χ3v) is 4.72. The molecule has 1 N–H and O–H groups in total. The summed E-state index contributed by atoms with van der Waals surface area (Å²) >= 11 is 0. The van der Waals surface area contributed by atoms with Crippen molar-refractivity contribution in [1.82, 2.24) is 4.90 Å². The minimum atomic E-state index is 0.554. The van der Waals surface area contributed by atoms with Crippen molar-refractivity contribution < 1.29 is 0 Å². The van der Waals surface area contributed by atoms with Crippen LogP contribution in [-0.2, 0) is 6.54 Å². The fourth-order valence-electron chi connectivity index (χ4n) is 3.29. The number of likely N-dealkylation sites (tertiary alicyclic amines) is 1. The molecule has 1 fully saturated rings. The highest BCUT2D eigenvalue weighted by atomic mass is 15.2. The molecule has 0 amide bonds. The molecular weight excluding hydrogens is 268 g/mol. The zero-order valence-corrected chi connectivity index (χ0v) is 13.7. The van der Waals surface area contributed by atoms with Crippen LogP contribution in [0, 0.1) is 13.8 Å². The molecule has 0 radical (unpaired) electrons. The van der Waals surface area contributed by atoms with E-state index in [-0.39, 0.29) is 0 Å². The van der Waals surface area contributed by atoms with Crippen LogP contribution in [-0.4, -0.2) is 24.0 Å². The van der Waals surface area contributed by atoms with Crippen molar-refractivity contribution in [1.29, 1.82) is 0 Å². The molecule has 0 aliphatic carbocycles. The van der Waals surface area contributed by atoms with Crippen LogP contribution in [0.5, 0.6) is 0 Å². The molecule has 0 saturated carbocycles. The lowest BCUT2D eigenvalue weighted by molar-refractivity contribution is 0.208. The number of hydrogen-bond acceptors (Lipinski definition) is 2. The van der Waals surface area contributed by atoms with Gasteiger partial charge in [-0.3, -0.25) is 4.90 Å². The maximum Gasteiger partial charge on any atom is 0.0389 e. The highest BCUT2D eigenvalue weighted by molar-refractivity contribution is 5.54. The van der Waals surface area contributed by atoms with Crippen LogP contribution in [0.3, 0.4) is 0 Å². The van der Waals surface area contributed by atoms with Gasteiger partial charge in [-0.05, 0) is 56.0 Å². The van der Waals surface area contributed by atoms with Gasteiger partial charge >= 0.3 is 0 Å². The first-order valence-electron chi connectivity index (χ1n) is 8.31. The van der Waals surface area contributed by atoms with Crippen molar-refractivity contribution in [3.05, 3.63) is 65.2 Å². The highest BCUT2D eigenvalue weighted by Crippen LogP contribution is 2.22. The third-order valence-electron chi connectivity index (χ3n) is 4.72. The van der Waals surface area contributed by atoms with Gasteiger partial charge in [0.1, 0.15) is 0 Å². The SMILES string of the molecule is Cc1cccc(NC2CCCN(Cc3ccccc3)C2)c1C. The van der Waals surface area contributed by atoms with E-state index in [9.17, 15) is 0 Å². The minimum Gasteiger partial charge on any atom is -0.381 e. The van der Waals surface area contributed by atoms with Gasteiger partial charge in [0, 0.05) is 24.8 Å². The van der Waals surface area contributed by atoms with Crippen LogP contribution in [0.15, 0.2) is 48.5 Å². The van der Waals surface area contributed by atoms with E-state index in [0.717, 1.165) is 13.1 Å². The van der Waals surface area contributed by atoms with Crippen molar-refractivity contribution in [2.24, 2.45) is 0 Å². The van der Waals surface area contributed by atoms with Gasteiger partial charge in [0.05, 0.1) is 0 Å².